The van der Waals surface area contributed by atoms with Gasteiger partial charge in [0.05, 0.1) is 12.2 Å². The molecule has 1 aromatic rings. The molecule has 1 atom stereocenters. The van der Waals surface area contributed by atoms with Crippen LogP contribution in [0, 0.1) is 5.92 Å². The molecule has 1 N–H and O–H groups in total. The zero-order chi connectivity index (χ0) is 16.7. The average Bonchev–Trinajstić information content (AvgIpc) is 2.58. The zero-order valence-corrected chi connectivity index (χ0v) is 14.6. The van der Waals surface area contributed by atoms with Gasteiger partial charge in [0, 0.05) is 38.3 Å². The molecule has 1 amide bonds. The Morgan fingerprint density at radius 3 is 2.78 bits per heavy atom. The van der Waals surface area contributed by atoms with E-state index in [1.165, 1.54) is 0 Å². The van der Waals surface area contributed by atoms with Gasteiger partial charge < -0.3 is 15.1 Å². The van der Waals surface area contributed by atoms with Crippen LogP contribution in [0.15, 0.2) is 12.3 Å². The van der Waals surface area contributed by atoms with Crippen LogP contribution < -0.4 is 10.2 Å². The third-order valence-corrected chi connectivity index (χ3v) is 4.37. The lowest BCUT2D eigenvalue weighted by atomic mass is 10.0. The molecule has 1 aromatic heterocycles. The number of piperazine rings is 1. The smallest absolute Gasteiger partial charge is 0.225 e. The van der Waals surface area contributed by atoms with E-state index in [0.717, 1.165) is 57.1 Å². The summed E-state index contributed by atoms with van der Waals surface area (Å²) in [4.78, 5) is 25.6. The van der Waals surface area contributed by atoms with Gasteiger partial charge in [0.15, 0.2) is 0 Å². The normalized spacial score (nSPS) is 17.1. The van der Waals surface area contributed by atoms with Crippen molar-refractivity contribution < 1.29 is 4.79 Å². The molecule has 2 rings (SSSR count). The van der Waals surface area contributed by atoms with Gasteiger partial charge in [-0.15, -0.1) is 0 Å². The molecular weight excluding hydrogens is 290 g/mol. The number of anilines is 1. The summed E-state index contributed by atoms with van der Waals surface area (Å²) in [5, 5.41) is 2.99. The first-order chi connectivity index (χ1) is 11.1. The fraction of sp³-hybridized carbons (Fsp3) is 0.706. The lowest BCUT2D eigenvalue weighted by Crippen LogP contribution is -2.45. The van der Waals surface area contributed by atoms with Crippen molar-refractivity contribution in [1.29, 1.82) is 0 Å². The number of likely N-dealkylation sites (N-methyl/N-ethyl adjacent to an activating group) is 1. The molecule has 0 aliphatic carbocycles. The number of hydrogen-bond acceptors (Lipinski definition) is 5. The highest BCUT2D eigenvalue weighted by Crippen LogP contribution is 2.11. The Hall–Kier alpha value is -1.69. The molecule has 128 valence electrons. The fourth-order valence-electron chi connectivity index (χ4n) is 2.64. The molecule has 6 nitrogen and oxygen atoms in total. The highest BCUT2D eigenvalue weighted by atomic mass is 16.1. The van der Waals surface area contributed by atoms with E-state index in [2.05, 4.69) is 39.1 Å². The van der Waals surface area contributed by atoms with Gasteiger partial charge in [-0.2, -0.15) is 0 Å². The summed E-state index contributed by atoms with van der Waals surface area (Å²) in [6.45, 7) is 8.55. The second kappa shape index (κ2) is 8.82. The standard InChI is InChI=1S/C17H29N5O/c1-4-5-6-14(2)16(23)19-13-15-7-8-18-17(20-15)22-11-9-21(3)10-12-22/h7-8,14H,4-6,9-13H2,1-3H3,(H,19,23)/t14-/m1/s1. The van der Waals surface area contributed by atoms with Crippen molar-refractivity contribution in [2.45, 2.75) is 39.7 Å². The maximum atomic E-state index is 12.1. The SMILES string of the molecule is CCCC[C@@H](C)C(=O)NCc1ccnc(N2CCN(C)CC2)n1. The van der Waals surface area contributed by atoms with E-state index in [1.807, 2.05) is 13.0 Å². The number of carbonyl (C=O) groups excluding carboxylic acids is 1. The molecule has 2 heterocycles. The van der Waals surface area contributed by atoms with E-state index in [4.69, 9.17) is 0 Å². The lowest BCUT2D eigenvalue weighted by molar-refractivity contribution is -0.124. The molecule has 0 bridgehead atoms. The van der Waals surface area contributed by atoms with Crippen molar-refractivity contribution in [2.75, 3.05) is 38.1 Å². The fourth-order valence-corrected chi connectivity index (χ4v) is 2.64. The molecule has 1 aliphatic rings. The Bertz CT molecular complexity index is 500. The third-order valence-electron chi connectivity index (χ3n) is 4.37. The molecular formula is C17H29N5O. The molecule has 1 saturated heterocycles. The first-order valence-corrected chi connectivity index (χ1v) is 8.63. The average molecular weight is 319 g/mol. The van der Waals surface area contributed by atoms with Crippen LogP contribution in [-0.2, 0) is 11.3 Å². The molecule has 0 radical (unpaired) electrons. The van der Waals surface area contributed by atoms with E-state index >= 15 is 0 Å². The van der Waals surface area contributed by atoms with Crippen molar-refractivity contribution in [3.05, 3.63) is 18.0 Å². The summed E-state index contributed by atoms with van der Waals surface area (Å²) in [6, 6.07) is 1.87. The number of hydrogen-bond donors (Lipinski definition) is 1. The summed E-state index contributed by atoms with van der Waals surface area (Å²) in [5.74, 6) is 0.941. The van der Waals surface area contributed by atoms with Crippen LogP contribution in [0.4, 0.5) is 5.95 Å². The van der Waals surface area contributed by atoms with Crippen molar-refractivity contribution in [1.82, 2.24) is 20.2 Å². The van der Waals surface area contributed by atoms with E-state index in [9.17, 15) is 4.79 Å². The third kappa shape index (κ3) is 5.46. The summed E-state index contributed by atoms with van der Waals surface area (Å²) >= 11 is 0. The Labute approximate surface area is 139 Å². The number of rotatable bonds is 7. The molecule has 0 saturated carbocycles. The minimum absolute atomic E-state index is 0.0638. The summed E-state index contributed by atoms with van der Waals surface area (Å²) in [6.07, 6.45) is 4.94. The maximum absolute atomic E-state index is 12.1. The van der Waals surface area contributed by atoms with Crippen LogP contribution in [0.25, 0.3) is 0 Å². The Kier molecular flexibility index (Phi) is 6.77. The minimum Gasteiger partial charge on any atom is -0.350 e. The van der Waals surface area contributed by atoms with Crippen molar-refractivity contribution in [2.24, 2.45) is 5.92 Å². The van der Waals surface area contributed by atoms with Gasteiger partial charge in [-0.3, -0.25) is 4.79 Å². The molecule has 0 aromatic carbocycles. The van der Waals surface area contributed by atoms with Gasteiger partial charge >= 0.3 is 0 Å². The summed E-state index contributed by atoms with van der Waals surface area (Å²) < 4.78 is 0. The van der Waals surface area contributed by atoms with Crippen LogP contribution in [0.2, 0.25) is 0 Å². The van der Waals surface area contributed by atoms with Gasteiger partial charge in [-0.25, -0.2) is 9.97 Å². The predicted octanol–water partition coefficient (Wildman–Crippen LogP) is 1.67. The van der Waals surface area contributed by atoms with Crippen LogP contribution in [0.5, 0.6) is 0 Å². The van der Waals surface area contributed by atoms with Crippen molar-refractivity contribution in [3.8, 4) is 0 Å². The Balaban J connectivity index is 1.86. The van der Waals surface area contributed by atoms with Gasteiger partial charge in [-0.1, -0.05) is 26.7 Å². The highest BCUT2D eigenvalue weighted by Gasteiger charge is 2.17. The highest BCUT2D eigenvalue weighted by molar-refractivity contribution is 5.78. The zero-order valence-electron chi connectivity index (χ0n) is 14.6. The largest absolute Gasteiger partial charge is 0.350 e. The molecule has 1 fully saturated rings. The summed E-state index contributed by atoms with van der Waals surface area (Å²) in [5.41, 5.74) is 0.866. The summed E-state index contributed by atoms with van der Waals surface area (Å²) in [7, 11) is 2.13. The first kappa shape index (κ1) is 17.7. The van der Waals surface area contributed by atoms with E-state index in [0.29, 0.717) is 6.54 Å². The number of nitrogens with zero attached hydrogens (tertiary/aromatic N) is 4. The van der Waals surface area contributed by atoms with Crippen molar-refractivity contribution >= 4 is 11.9 Å². The molecule has 1 aliphatic heterocycles. The second-order valence-corrected chi connectivity index (χ2v) is 6.40. The molecule has 0 unspecified atom stereocenters. The van der Waals surface area contributed by atoms with Crippen LogP contribution in [-0.4, -0.2) is 54.0 Å². The van der Waals surface area contributed by atoms with Gasteiger partial charge in [0.25, 0.3) is 0 Å². The van der Waals surface area contributed by atoms with Gasteiger partial charge in [0.1, 0.15) is 0 Å². The van der Waals surface area contributed by atoms with Crippen molar-refractivity contribution in [3.63, 3.8) is 0 Å². The number of unbranched alkanes of at least 4 members (excludes halogenated alkanes) is 1. The van der Waals surface area contributed by atoms with E-state index < -0.39 is 0 Å². The first-order valence-electron chi connectivity index (χ1n) is 8.63. The van der Waals surface area contributed by atoms with E-state index in [-0.39, 0.29) is 11.8 Å². The maximum Gasteiger partial charge on any atom is 0.225 e. The Morgan fingerprint density at radius 2 is 2.09 bits per heavy atom. The number of aromatic nitrogens is 2. The van der Waals surface area contributed by atoms with Crippen LogP contribution in [0.3, 0.4) is 0 Å². The predicted molar refractivity (Wildman–Crippen MR) is 92.3 cm³/mol. The lowest BCUT2D eigenvalue weighted by Gasteiger charge is -2.32. The van der Waals surface area contributed by atoms with E-state index in [1.54, 1.807) is 6.20 Å². The molecule has 6 heteroatoms. The molecule has 0 spiro atoms. The number of carbonyl (C=O) groups is 1. The topological polar surface area (TPSA) is 61.4 Å². The number of nitrogens with one attached hydrogen (secondary N) is 1. The van der Waals surface area contributed by atoms with Crippen LogP contribution in [0.1, 0.15) is 38.8 Å². The minimum atomic E-state index is 0.0638. The monoisotopic (exact) mass is 319 g/mol. The Morgan fingerprint density at radius 1 is 1.35 bits per heavy atom. The quantitative estimate of drug-likeness (QED) is 0.828. The van der Waals surface area contributed by atoms with Gasteiger partial charge in [0.2, 0.25) is 11.9 Å². The van der Waals surface area contributed by atoms with Gasteiger partial charge in [-0.05, 0) is 19.5 Å². The second-order valence-electron chi connectivity index (χ2n) is 6.40. The number of amides is 1. The van der Waals surface area contributed by atoms with Crippen LogP contribution >= 0.6 is 0 Å². The molecule has 23 heavy (non-hydrogen) atoms.